The highest BCUT2D eigenvalue weighted by molar-refractivity contribution is 5.70. The van der Waals surface area contributed by atoms with Gasteiger partial charge in [0.25, 0.3) is 0 Å². The van der Waals surface area contributed by atoms with Gasteiger partial charge in [-0.25, -0.2) is 0 Å². The number of carbonyl (C=O) groups is 1. The zero-order valence-electron chi connectivity index (χ0n) is 8.89. The van der Waals surface area contributed by atoms with Gasteiger partial charge in [-0.15, -0.1) is 0 Å². The lowest BCUT2D eigenvalue weighted by Gasteiger charge is -2.23. The van der Waals surface area contributed by atoms with Gasteiger partial charge in [0.05, 0.1) is 19.6 Å². The van der Waals surface area contributed by atoms with E-state index in [4.69, 9.17) is 14.6 Å². The van der Waals surface area contributed by atoms with E-state index in [2.05, 4.69) is 0 Å². The number of carboxylic acids is 1. The molecule has 16 heavy (non-hydrogen) atoms. The van der Waals surface area contributed by atoms with Crippen LogP contribution in [0.3, 0.4) is 0 Å². The molecule has 1 N–H and O–H groups in total. The van der Waals surface area contributed by atoms with Gasteiger partial charge in [-0.3, -0.25) is 4.79 Å². The molecule has 1 saturated heterocycles. The van der Waals surface area contributed by atoms with Gasteiger partial charge in [0.15, 0.2) is 6.29 Å². The predicted octanol–water partition coefficient (Wildman–Crippen LogP) is 1.75. The van der Waals surface area contributed by atoms with Crippen LogP contribution >= 0.6 is 0 Å². The molecule has 0 bridgehead atoms. The SMILES string of the molecule is O=C(O)Cc1ccc(C2OCCCO2)cc1. The van der Waals surface area contributed by atoms with Crippen molar-refractivity contribution < 1.29 is 19.4 Å². The van der Waals surface area contributed by atoms with Crippen LogP contribution in [0, 0.1) is 0 Å². The molecular weight excluding hydrogens is 208 g/mol. The number of aliphatic carboxylic acids is 1. The lowest BCUT2D eigenvalue weighted by molar-refractivity contribution is -0.183. The largest absolute Gasteiger partial charge is 0.481 e. The summed E-state index contributed by atoms with van der Waals surface area (Å²) in [6.45, 7) is 1.42. The molecule has 1 heterocycles. The molecule has 0 radical (unpaired) electrons. The number of carboxylic acid groups (broad SMARTS) is 1. The van der Waals surface area contributed by atoms with E-state index in [1.807, 2.05) is 12.1 Å². The summed E-state index contributed by atoms with van der Waals surface area (Å²) in [6.07, 6.45) is 0.674. The number of ether oxygens (including phenoxy) is 2. The number of benzene rings is 1. The molecule has 0 aliphatic carbocycles. The molecule has 4 heteroatoms. The van der Waals surface area contributed by atoms with Crippen LogP contribution in [-0.2, 0) is 20.7 Å². The first-order chi connectivity index (χ1) is 7.75. The molecule has 86 valence electrons. The third kappa shape index (κ3) is 2.81. The maximum atomic E-state index is 10.5. The van der Waals surface area contributed by atoms with Gasteiger partial charge < -0.3 is 14.6 Å². The summed E-state index contributed by atoms with van der Waals surface area (Å²) in [5.41, 5.74) is 1.72. The van der Waals surface area contributed by atoms with E-state index in [0.29, 0.717) is 13.2 Å². The van der Waals surface area contributed by atoms with Crippen LogP contribution in [0.5, 0.6) is 0 Å². The highest BCUT2D eigenvalue weighted by Gasteiger charge is 2.16. The average Bonchev–Trinajstić information content (AvgIpc) is 2.30. The molecule has 0 saturated carbocycles. The Morgan fingerprint density at radius 1 is 1.25 bits per heavy atom. The van der Waals surface area contributed by atoms with Gasteiger partial charge in [0.2, 0.25) is 0 Å². The van der Waals surface area contributed by atoms with E-state index < -0.39 is 5.97 Å². The zero-order chi connectivity index (χ0) is 11.4. The van der Waals surface area contributed by atoms with E-state index in [-0.39, 0.29) is 12.7 Å². The lowest BCUT2D eigenvalue weighted by Crippen LogP contribution is -2.17. The molecule has 0 spiro atoms. The first-order valence-corrected chi connectivity index (χ1v) is 5.29. The van der Waals surface area contributed by atoms with E-state index in [0.717, 1.165) is 17.5 Å². The highest BCUT2D eigenvalue weighted by atomic mass is 16.7. The summed E-state index contributed by atoms with van der Waals surface area (Å²) in [5, 5.41) is 8.64. The molecule has 1 aliphatic rings. The summed E-state index contributed by atoms with van der Waals surface area (Å²) in [4.78, 5) is 10.5. The Kier molecular flexibility index (Phi) is 3.54. The Hall–Kier alpha value is -1.39. The summed E-state index contributed by atoms with van der Waals surface area (Å²) >= 11 is 0. The molecular formula is C12H14O4. The molecule has 2 rings (SSSR count). The standard InChI is InChI=1S/C12H14O4/c13-11(14)8-9-2-4-10(5-3-9)12-15-6-1-7-16-12/h2-5,12H,1,6-8H2,(H,13,14). The van der Waals surface area contributed by atoms with Crippen molar-refractivity contribution in [1.29, 1.82) is 0 Å². The maximum Gasteiger partial charge on any atom is 0.307 e. The van der Waals surface area contributed by atoms with Crippen LogP contribution in [0.2, 0.25) is 0 Å². The van der Waals surface area contributed by atoms with Gasteiger partial charge in [0, 0.05) is 5.56 Å². The van der Waals surface area contributed by atoms with Gasteiger partial charge >= 0.3 is 5.97 Å². The molecule has 1 aromatic carbocycles. The highest BCUT2D eigenvalue weighted by Crippen LogP contribution is 2.22. The number of hydrogen-bond acceptors (Lipinski definition) is 3. The molecule has 4 nitrogen and oxygen atoms in total. The minimum Gasteiger partial charge on any atom is -0.481 e. The molecule has 1 fully saturated rings. The topological polar surface area (TPSA) is 55.8 Å². The van der Waals surface area contributed by atoms with Crippen molar-refractivity contribution in [2.75, 3.05) is 13.2 Å². The maximum absolute atomic E-state index is 10.5. The fourth-order valence-electron chi connectivity index (χ4n) is 1.65. The summed E-state index contributed by atoms with van der Waals surface area (Å²) in [5.74, 6) is -0.821. The van der Waals surface area contributed by atoms with E-state index in [1.54, 1.807) is 12.1 Å². The predicted molar refractivity (Wildman–Crippen MR) is 57.0 cm³/mol. The van der Waals surface area contributed by atoms with Crippen LogP contribution in [0.15, 0.2) is 24.3 Å². The Bertz CT molecular complexity index is 352. The fraction of sp³-hybridized carbons (Fsp3) is 0.417. The van der Waals surface area contributed by atoms with Gasteiger partial charge in [-0.1, -0.05) is 24.3 Å². The second-order valence-corrected chi connectivity index (χ2v) is 3.74. The van der Waals surface area contributed by atoms with E-state index in [1.165, 1.54) is 0 Å². The van der Waals surface area contributed by atoms with Crippen LogP contribution in [0.25, 0.3) is 0 Å². The van der Waals surface area contributed by atoms with Crippen molar-refractivity contribution in [2.45, 2.75) is 19.1 Å². The van der Waals surface area contributed by atoms with Gasteiger partial charge in [0.1, 0.15) is 0 Å². The Labute approximate surface area is 93.8 Å². The average molecular weight is 222 g/mol. The minimum atomic E-state index is -0.821. The van der Waals surface area contributed by atoms with Gasteiger partial charge in [-0.05, 0) is 12.0 Å². The third-order valence-corrected chi connectivity index (χ3v) is 2.43. The van der Waals surface area contributed by atoms with Crippen molar-refractivity contribution in [1.82, 2.24) is 0 Å². The van der Waals surface area contributed by atoms with E-state index in [9.17, 15) is 4.79 Å². The minimum absolute atomic E-state index is 0.0483. The zero-order valence-corrected chi connectivity index (χ0v) is 8.89. The molecule has 0 aromatic heterocycles. The first kappa shape index (κ1) is 11.1. The van der Waals surface area contributed by atoms with Crippen molar-refractivity contribution in [2.24, 2.45) is 0 Å². The van der Waals surface area contributed by atoms with Gasteiger partial charge in [-0.2, -0.15) is 0 Å². The smallest absolute Gasteiger partial charge is 0.307 e. The molecule has 1 aromatic rings. The summed E-state index contributed by atoms with van der Waals surface area (Å²) in [6, 6.07) is 7.30. The van der Waals surface area contributed by atoms with Crippen LogP contribution < -0.4 is 0 Å². The van der Waals surface area contributed by atoms with E-state index >= 15 is 0 Å². The first-order valence-electron chi connectivity index (χ1n) is 5.29. The number of hydrogen-bond donors (Lipinski definition) is 1. The van der Waals surface area contributed by atoms with Crippen molar-refractivity contribution in [3.05, 3.63) is 35.4 Å². The van der Waals surface area contributed by atoms with Crippen molar-refractivity contribution in [3.63, 3.8) is 0 Å². The monoisotopic (exact) mass is 222 g/mol. The second kappa shape index (κ2) is 5.09. The van der Waals surface area contributed by atoms with Crippen molar-refractivity contribution in [3.8, 4) is 0 Å². The summed E-state index contributed by atoms with van der Waals surface area (Å²) in [7, 11) is 0. The summed E-state index contributed by atoms with van der Waals surface area (Å²) < 4.78 is 10.9. The lowest BCUT2D eigenvalue weighted by atomic mass is 10.1. The van der Waals surface area contributed by atoms with Crippen molar-refractivity contribution >= 4 is 5.97 Å². The molecule has 1 aliphatic heterocycles. The normalized spacial score (nSPS) is 17.2. The van der Waals surface area contributed by atoms with Crippen LogP contribution in [-0.4, -0.2) is 24.3 Å². The molecule has 0 unspecified atom stereocenters. The molecule has 0 amide bonds. The number of rotatable bonds is 3. The Morgan fingerprint density at radius 3 is 2.44 bits per heavy atom. The quantitative estimate of drug-likeness (QED) is 0.846. The van der Waals surface area contributed by atoms with Crippen LogP contribution in [0.4, 0.5) is 0 Å². The Balaban J connectivity index is 2.03. The molecule has 0 atom stereocenters. The Morgan fingerprint density at radius 2 is 1.88 bits per heavy atom. The fourth-order valence-corrected chi connectivity index (χ4v) is 1.65. The van der Waals surface area contributed by atoms with Crippen LogP contribution in [0.1, 0.15) is 23.8 Å². The third-order valence-electron chi connectivity index (χ3n) is 2.43. The second-order valence-electron chi connectivity index (χ2n) is 3.74.